The van der Waals surface area contributed by atoms with Crippen molar-refractivity contribution in [2.75, 3.05) is 6.54 Å². The third-order valence-corrected chi connectivity index (χ3v) is 3.38. The average Bonchev–Trinajstić information content (AvgIpc) is 2.52. The molecule has 0 aromatic heterocycles. The normalized spacial score (nSPS) is 9.55. The predicted molar refractivity (Wildman–Crippen MR) is 90.0 cm³/mol. The Morgan fingerprint density at radius 3 is 2.45 bits per heavy atom. The molecule has 2 aromatic carbocycles. The molecule has 2 N–H and O–H groups in total. The van der Waals surface area contributed by atoms with Gasteiger partial charge >= 0.3 is 6.03 Å². The molecule has 0 bridgehead atoms. The van der Waals surface area contributed by atoms with E-state index in [0.717, 1.165) is 11.1 Å². The third kappa shape index (κ3) is 5.33. The van der Waals surface area contributed by atoms with Crippen LogP contribution in [-0.4, -0.2) is 12.6 Å². The summed E-state index contributed by atoms with van der Waals surface area (Å²) >= 11 is 11.8. The Morgan fingerprint density at radius 1 is 1.00 bits per heavy atom. The highest BCUT2D eigenvalue weighted by Crippen LogP contribution is 2.12. The summed E-state index contributed by atoms with van der Waals surface area (Å²) in [5, 5.41) is 6.67. The summed E-state index contributed by atoms with van der Waals surface area (Å²) in [6.45, 7) is 0.679. The second-order valence-electron chi connectivity index (χ2n) is 4.44. The van der Waals surface area contributed by atoms with Gasteiger partial charge in [-0.05, 0) is 29.8 Å². The van der Waals surface area contributed by atoms with Crippen LogP contribution in [0.15, 0.2) is 48.5 Å². The monoisotopic (exact) mass is 332 g/mol. The van der Waals surface area contributed by atoms with Crippen LogP contribution in [0.3, 0.4) is 0 Å². The molecule has 5 heteroatoms. The van der Waals surface area contributed by atoms with E-state index < -0.39 is 0 Å². The topological polar surface area (TPSA) is 41.1 Å². The van der Waals surface area contributed by atoms with E-state index in [0.29, 0.717) is 16.6 Å². The van der Waals surface area contributed by atoms with Crippen LogP contribution in [0, 0.1) is 11.8 Å². The zero-order valence-electron chi connectivity index (χ0n) is 11.7. The molecule has 0 fully saturated rings. The van der Waals surface area contributed by atoms with Crippen molar-refractivity contribution in [3.8, 4) is 11.8 Å². The lowest BCUT2D eigenvalue weighted by molar-refractivity contribution is 0.241. The molecule has 0 radical (unpaired) electrons. The number of nitrogens with one attached hydrogen (secondary N) is 2. The van der Waals surface area contributed by atoms with E-state index in [1.807, 2.05) is 30.3 Å². The van der Waals surface area contributed by atoms with Crippen molar-refractivity contribution < 1.29 is 4.79 Å². The molecule has 0 heterocycles. The van der Waals surface area contributed by atoms with Gasteiger partial charge in [0, 0.05) is 17.1 Å². The number of halogens is 2. The minimum Gasteiger partial charge on any atom is -0.334 e. The van der Waals surface area contributed by atoms with Crippen molar-refractivity contribution in [3.63, 3.8) is 0 Å². The molecular weight excluding hydrogens is 319 g/mol. The molecular formula is C17H14Cl2N2O. The molecule has 0 saturated heterocycles. The van der Waals surface area contributed by atoms with E-state index in [-0.39, 0.29) is 12.6 Å². The fourth-order valence-electron chi connectivity index (χ4n) is 1.67. The number of carbonyl (C=O) groups excluding carboxylic acids is 1. The van der Waals surface area contributed by atoms with Crippen molar-refractivity contribution in [2.45, 2.75) is 6.54 Å². The highest BCUT2D eigenvalue weighted by Gasteiger charge is 1.99. The van der Waals surface area contributed by atoms with Gasteiger partial charge < -0.3 is 10.6 Å². The van der Waals surface area contributed by atoms with Gasteiger partial charge in [0.15, 0.2) is 0 Å². The first-order valence-electron chi connectivity index (χ1n) is 6.65. The Hall–Kier alpha value is -2.15. The highest BCUT2D eigenvalue weighted by atomic mass is 35.5. The maximum absolute atomic E-state index is 11.6. The molecule has 0 aliphatic carbocycles. The molecule has 0 unspecified atom stereocenters. The quantitative estimate of drug-likeness (QED) is 0.823. The number of amides is 2. The van der Waals surface area contributed by atoms with Crippen molar-refractivity contribution in [3.05, 3.63) is 69.7 Å². The summed E-state index contributed by atoms with van der Waals surface area (Å²) in [4.78, 5) is 11.6. The van der Waals surface area contributed by atoms with Crippen molar-refractivity contribution in [1.82, 2.24) is 10.6 Å². The SMILES string of the molecule is O=C(NCC#Cc1ccccc1Cl)NCc1ccc(Cl)cc1. The largest absolute Gasteiger partial charge is 0.334 e. The van der Waals surface area contributed by atoms with Crippen LogP contribution in [0.25, 0.3) is 0 Å². The van der Waals surface area contributed by atoms with Gasteiger partial charge in [0.2, 0.25) is 0 Å². The maximum Gasteiger partial charge on any atom is 0.315 e. The van der Waals surface area contributed by atoms with Crippen LogP contribution in [0.4, 0.5) is 4.79 Å². The molecule has 0 saturated carbocycles. The zero-order chi connectivity index (χ0) is 15.8. The van der Waals surface area contributed by atoms with Gasteiger partial charge in [-0.1, -0.05) is 59.3 Å². The first kappa shape index (κ1) is 16.2. The number of rotatable bonds is 3. The summed E-state index contributed by atoms with van der Waals surface area (Å²) in [7, 11) is 0. The number of urea groups is 1. The van der Waals surface area contributed by atoms with Gasteiger partial charge in [0.25, 0.3) is 0 Å². The van der Waals surface area contributed by atoms with E-state index in [1.165, 1.54) is 0 Å². The predicted octanol–water partition coefficient (Wildman–Crippen LogP) is 3.84. The summed E-state index contributed by atoms with van der Waals surface area (Å²) in [5.74, 6) is 5.76. The Morgan fingerprint density at radius 2 is 1.73 bits per heavy atom. The van der Waals surface area contributed by atoms with Crippen LogP contribution >= 0.6 is 23.2 Å². The highest BCUT2D eigenvalue weighted by molar-refractivity contribution is 6.31. The van der Waals surface area contributed by atoms with Gasteiger partial charge in [-0.25, -0.2) is 4.79 Å². The smallest absolute Gasteiger partial charge is 0.315 e. The van der Waals surface area contributed by atoms with Crippen molar-refractivity contribution in [1.29, 1.82) is 0 Å². The molecule has 2 rings (SSSR count). The van der Waals surface area contributed by atoms with Gasteiger partial charge in [-0.3, -0.25) is 0 Å². The Labute approximate surface area is 139 Å². The van der Waals surface area contributed by atoms with Gasteiger partial charge in [0.05, 0.1) is 11.6 Å². The fourth-order valence-corrected chi connectivity index (χ4v) is 1.98. The maximum atomic E-state index is 11.6. The Balaban J connectivity index is 1.74. The van der Waals surface area contributed by atoms with Crippen molar-refractivity contribution >= 4 is 29.2 Å². The van der Waals surface area contributed by atoms with E-state index in [2.05, 4.69) is 22.5 Å². The molecule has 0 spiro atoms. The molecule has 0 aliphatic rings. The third-order valence-electron chi connectivity index (χ3n) is 2.80. The molecule has 0 aliphatic heterocycles. The van der Waals surface area contributed by atoms with E-state index in [1.54, 1.807) is 18.2 Å². The van der Waals surface area contributed by atoms with Crippen LogP contribution in [0.1, 0.15) is 11.1 Å². The van der Waals surface area contributed by atoms with Crippen LogP contribution < -0.4 is 10.6 Å². The number of hydrogen-bond donors (Lipinski definition) is 2. The van der Waals surface area contributed by atoms with Crippen LogP contribution in [0.2, 0.25) is 10.0 Å². The molecule has 3 nitrogen and oxygen atoms in total. The average molecular weight is 333 g/mol. The number of benzene rings is 2. The van der Waals surface area contributed by atoms with E-state index >= 15 is 0 Å². The van der Waals surface area contributed by atoms with Gasteiger partial charge in [-0.2, -0.15) is 0 Å². The molecule has 2 amide bonds. The molecule has 0 atom stereocenters. The summed E-state index contributed by atoms with van der Waals surface area (Å²) in [6, 6.07) is 14.3. The standard InChI is InChI=1S/C17H14Cl2N2O/c18-15-9-7-13(8-10-15)12-21-17(22)20-11-3-5-14-4-1-2-6-16(14)19/h1-2,4,6-10H,11-12H2,(H2,20,21,22). The summed E-state index contributed by atoms with van der Waals surface area (Å²) in [5.41, 5.74) is 1.72. The minimum atomic E-state index is -0.275. The van der Waals surface area contributed by atoms with E-state index in [9.17, 15) is 4.79 Å². The van der Waals surface area contributed by atoms with Crippen molar-refractivity contribution in [2.24, 2.45) is 0 Å². The Bertz CT molecular complexity index is 703. The Kier molecular flexibility index (Phi) is 6.14. The van der Waals surface area contributed by atoms with Crippen LogP contribution in [0.5, 0.6) is 0 Å². The minimum absolute atomic E-state index is 0.248. The molecule has 2 aromatic rings. The first-order valence-corrected chi connectivity index (χ1v) is 7.40. The number of carbonyl (C=O) groups is 1. The second kappa shape index (κ2) is 8.33. The molecule has 22 heavy (non-hydrogen) atoms. The zero-order valence-corrected chi connectivity index (χ0v) is 13.2. The summed E-state index contributed by atoms with van der Waals surface area (Å²) in [6.07, 6.45) is 0. The fraction of sp³-hybridized carbons (Fsp3) is 0.118. The lowest BCUT2D eigenvalue weighted by Gasteiger charge is -2.05. The summed E-state index contributed by atoms with van der Waals surface area (Å²) < 4.78 is 0. The first-order chi connectivity index (χ1) is 10.6. The molecule has 112 valence electrons. The van der Waals surface area contributed by atoms with E-state index in [4.69, 9.17) is 23.2 Å². The van der Waals surface area contributed by atoms with Gasteiger partial charge in [0.1, 0.15) is 0 Å². The second-order valence-corrected chi connectivity index (χ2v) is 5.29. The van der Waals surface area contributed by atoms with Crippen LogP contribution in [-0.2, 0) is 6.54 Å². The number of hydrogen-bond acceptors (Lipinski definition) is 1. The lowest BCUT2D eigenvalue weighted by Crippen LogP contribution is -2.35. The van der Waals surface area contributed by atoms with Gasteiger partial charge in [-0.15, -0.1) is 0 Å². The lowest BCUT2D eigenvalue weighted by atomic mass is 10.2.